The Hall–Kier alpha value is -2.24. The topological polar surface area (TPSA) is 46.3 Å². The van der Waals surface area contributed by atoms with Crippen molar-refractivity contribution in [3.63, 3.8) is 0 Å². The van der Waals surface area contributed by atoms with Gasteiger partial charge in [-0.2, -0.15) is 0 Å². The first kappa shape index (κ1) is 19.5. The molecule has 1 saturated heterocycles. The minimum Gasteiger partial charge on any atom is -0.441 e. The second-order valence-corrected chi connectivity index (χ2v) is 8.39. The maximum Gasteiger partial charge on any atom is 0.223 e. The van der Waals surface area contributed by atoms with Crippen LogP contribution in [0.4, 0.5) is 8.78 Å². The summed E-state index contributed by atoms with van der Waals surface area (Å²) in [6.45, 7) is 7.38. The van der Waals surface area contributed by atoms with E-state index in [0.717, 1.165) is 31.9 Å². The normalized spacial score (nSPS) is 17.5. The van der Waals surface area contributed by atoms with Crippen molar-refractivity contribution in [1.29, 1.82) is 0 Å². The van der Waals surface area contributed by atoms with Gasteiger partial charge in [0.2, 0.25) is 5.91 Å². The number of benzene rings is 1. The highest BCUT2D eigenvalue weighted by molar-refractivity contribution is 5.77. The third-order valence-electron chi connectivity index (χ3n) is 4.85. The number of aryl methyl sites for hydroxylation is 1. The Morgan fingerprint density at radius 2 is 2.11 bits per heavy atom. The van der Waals surface area contributed by atoms with Crippen LogP contribution in [0.3, 0.4) is 0 Å². The quantitative estimate of drug-likeness (QED) is 0.739. The van der Waals surface area contributed by atoms with Gasteiger partial charge in [0.1, 0.15) is 11.6 Å². The zero-order valence-electron chi connectivity index (χ0n) is 16.1. The van der Waals surface area contributed by atoms with Gasteiger partial charge in [0.25, 0.3) is 0 Å². The summed E-state index contributed by atoms with van der Waals surface area (Å²) in [6, 6.07) is 3.60. The van der Waals surface area contributed by atoms with E-state index in [0.29, 0.717) is 24.8 Å². The van der Waals surface area contributed by atoms with Gasteiger partial charge in [0, 0.05) is 31.5 Å². The number of halogens is 2. The molecule has 1 aromatic carbocycles. The molecule has 0 spiro atoms. The van der Waals surface area contributed by atoms with E-state index < -0.39 is 11.6 Å². The fraction of sp³-hybridized carbons (Fsp3) is 0.524. The van der Waals surface area contributed by atoms with E-state index in [1.807, 2.05) is 4.90 Å². The molecule has 4 nitrogen and oxygen atoms in total. The molecule has 1 fully saturated rings. The largest absolute Gasteiger partial charge is 0.441 e. The summed E-state index contributed by atoms with van der Waals surface area (Å²) in [5.41, 5.74) is 0.343. The second-order valence-electron chi connectivity index (χ2n) is 8.39. The van der Waals surface area contributed by atoms with Gasteiger partial charge in [-0.15, -0.1) is 0 Å². The minimum atomic E-state index is -0.698. The lowest BCUT2D eigenvalue weighted by Crippen LogP contribution is -2.37. The zero-order chi connectivity index (χ0) is 19.6. The van der Waals surface area contributed by atoms with Crippen LogP contribution in [0.2, 0.25) is 0 Å². The molecule has 27 heavy (non-hydrogen) atoms. The molecule has 3 rings (SSSR count). The summed E-state index contributed by atoms with van der Waals surface area (Å²) < 4.78 is 32.5. The number of aromatic nitrogens is 1. The van der Waals surface area contributed by atoms with Crippen molar-refractivity contribution in [3.8, 4) is 11.3 Å². The number of hydrogen-bond donors (Lipinski definition) is 0. The summed E-state index contributed by atoms with van der Waals surface area (Å²) in [7, 11) is 0. The molecule has 1 unspecified atom stereocenters. The average molecular weight is 376 g/mol. The van der Waals surface area contributed by atoms with Crippen molar-refractivity contribution in [2.24, 2.45) is 5.41 Å². The van der Waals surface area contributed by atoms with Crippen LogP contribution in [0, 0.1) is 17.0 Å². The smallest absolute Gasteiger partial charge is 0.223 e. The van der Waals surface area contributed by atoms with Crippen LogP contribution in [0.5, 0.6) is 0 Å². The van der Waals surface area contributed by atoms with Gasteiger partial charge in [-0.1, -0.05) is 20.8 Å². The molecular weight excluding hydrogens is 350 g/mol. The van der Waals surface area contributed by atoms with Crippen LogP contribution < -0.4 is 0 Å². The zero-order valence-corrected chi connectivity index (χ0v) is 16.1. The third-order valence-corrected chi connectivity index (χ3v) is 4.85. The molecule has 1 aromatic heterocycles. The van der Waals surface area contributed by atoms with E-state index in [-0.39, 0.29) is 22.6 Å². The maximum absolute atomic E-state index is 13.9. The summed E-state index contributed by atoms with van der Waals surface area (Å²) in [6.07, 6.45) is 5.17. The van der Waals surface area contributed by atoms with E-state index >= 15 is 0 Å². The van der Waals surface area contributed by atoms with E-state index in [1.165, 1.54) is 18.3 Å². The Kier molecular flexibility index (Phi) is 5.63. The molecule has 0 N–H and O–H groups in total. The summed E-state index contributed by atoms with van der Waals surface area (Å²) >= 11 is 0. The standard InChI is InChI=1S/C21H26F2N2O2/c1-21(2,3)12-15-5-4-10-25(15)20(26)9-8-19-24-13-18(27-19)16-7-6-14(22)11-17(16)23/h6-7,11,13,15H,4-5,8-10,12H2,1-3H3. The number of carbonyl (C=O) groups excluding carboxylic acids is 1. The molecule has 0 saturated carbocycles. The molecule has 1 atom stereocenters. The number of nitrogens with zero attached hydrogens (tertiary/aromatic N) is 2. The van der Waals surface area contributed by atoms with E-state index in [2.05, 4.69) is 25.8 Å². The van der Waals surface area contributed by atoms with Crippen LogP contribution >= 0.6 is 0 Å². The third kappa shape index (κ3) is 4.93. The summed E-state index contributed by atoms with van der Waals surface area (Å²) in [5.74, 6) is -0.613. The van der Waals surface area contributed by atoms with Gasteiger partial charge in [0.05, 0.1) is 11.8 Å². The van der Waals surface area contributed by atoms with Crippen LogP contribution in [-0.2, 0) is 11.2 Å². The number of oxazole rings is 1. The SMILES string of the molecule is CC(C)(C)CC1CCCN1C(=O)CCc1ncc(-c2ccc(F)cc2F)o1. The Balaban J connectivity index is 1.60. The number of hydrogen-bond acceptors (Lipinski definition) is 3. The van der Waals surface area contributed by atoms with Crippen LogP contribution in [-0.4, -0.2) is 28.4 Å². The highest BCUT2D eigenvalue weighted by Crippen LogP contribution is 2.30. The molecule has 1 aliphatic heterocycles. The van der Waals surface area contributed by atoms with Crippen molar-refractivity contribution >= 4 is 5.91 Å². The van der Waals surface area contributed by atoms with E-state index in [9.17, 15) is 13.6 Å². The maximum atomic E-state index is 13.9. The summed E-state index contributed by atoms with van der Waals surface area (Å²) in [5, 5.41) is 0. The van der Waals surface area contributed by atoms with Gasteiger partial charge >= 0.3 is 0 Å². The molecule has 0 aliphatic carbocycles. The molecular formula is C21H26F2N2O2. The van der Waals surface area contributed by atoms with Gasteiger partial charge in [-0.25, -0.2) is 13.8 Å². The predicted molar refractivity (Wildman–Crippen MR) is 99.0 cm³/mol. The molecule has 1 amide bonds. The lowest BCUT2D eigenvalue weighted by atomic mass is 9.87. The van der Waals surface area contributed by atoms with Gasteiger partial charge < -0.3 is 9.32 Å². The van der Waals surface area contributed by atoms with Gasteiger partial charge in [0.15, 0.2) is 11.7 Å². The van der Waals surface area contributed by atoms with Crippen LogP contribution in [0.25, 0.3) is 11.3 Å². The molecule has 1 aliphatic rings. The second kappa shape index (κ2) is 7.79. The first-order valence-corrected chi connectivity index (χ1v) is 9.42. The molecule has 0 radical (unpaired) electrons. The average Bonchev–Trinajstić information content (AvgIpc) is 3.20. The lowest BCUT2D eigenvalue weighted by molar-refractivity contribution is -0.132. The van der Waals surface area contributed by atoms with Crippen molar-refractivity contribution in [1.82, 2.24) is 9.88 Å². The Bertz CT molecular complexity index is 811. The molecule has 2 heterocycles. The Labute approximate surface area is 158 Å². The van der Waals surface area contributed by atoms with E-state index in [4.69, 9.17) is 4.42 Å². The van der Waals surface area contributed by atoms with Gasteiger partial charge in [-0.3, -0.25) is 4.79 Å². The van der Waals surface area contributed by atoms with E-state index in [1.54, 1.807) is 0 Å². The minimum absolute atomic E-state index is 0.106. The highest BCUT2D eigenvalue weighted by atomic mass is 19.1. The van der Waals surface area contributed by atoms with Crippen LogP contribution in [0.1, 0.15) is 52.3 Å². The Morgan fingerprint density at radius 1 is 1.33 bits per heavy atom. The monoisotopic (exact) mass is 376 g/mol. The lowest BCUT2D eigenvalue weighted by Gasteiger charge is -2.30. The van der Waals surface area contributed by atoms with Crippen LogP contribution in [0.15, 0.2) is 28.8 Å². The fourth-order valence-electron chi connectivity index (χ4n) is 3.68. The Morgan fingerprint density at radius 3 is 2.81 bits per heavy atom. The molecule has 0 bridgehead atoms. The number of rotatable bonds is 5. The first-order valence-electron chi connectivity index (χ1n) is 9.42. The molecule has 146 valence electrons. The van der Waals surface area contributed by atoms with Crippen molar-refractivity contribution in [2.75, 3.05) is 6.54 Å². The fourth-order valence-corrected chi connectivity index (χ4v) is 3.68. The molecule has 2 aromatic rings. The van der Waals surface area contributed by atoms with Gasteiger partial charge in [-0.05, 0) is 36.8 Å². The van der Waals surface area contributed by atoms with Crippen molar-refractivity contribution < 1.29 is 18.0 Å². The first-order chi connectivity index (χ1) is 12.7. The molecule has 6 heteroatoms. The highest BCUT2D eigenvalue weighted by Gasteiger charge is 2.31. The van der Waals surface area contributed by atoms with Crippen molar-refractivity contribution in [2.45, 2.75) is 58.9 Å². The predicted octanol–water partition coefficient (Wildman–Crippen LogP) is 4.98. The summed E-state index contributed by atoms with van der Waals surface area (Å²) in [4.78, 5) is 18.8. The number of carbonyl (C=O) groups is 1. The number of amides is 1. The number of likely N-dealkylation sites (tertiary alicyclic amines) is 1. The van der Waals surface area contributed by atoms with Crippen molar-refractivity contribution in [3.05, 3.63) is 41.9 Å².